The second kappa shape index (κ2) is 6.30. The number of pyridine rings is 1. The Balaban J connectivity index is 1.67. The number of anilines is 2. The van der Waals surface area contributed by atoms with Gasteiger partial charge >= 0.3 is 0 Å². The molecule has 8 heteroatoms. The van der Waals surface area contributed by atoms with E-state index in [0.29, 0.717) is 12.4 Å². The number of amides is 1. The number of fused-ring (bicyclic) bond motifs is 1. The SMILES string of the molecule is N#C[C@H]1CCCN(c2nc3c(Br)cnc(NC(=O)C4CC4)c3s2)C1. The topological polar surface area (TPSA) is 81.9 Å². The van der Waals surface area contributed by atoms with E-state index in [0.717, 1.165) is 52.0 Å². The number of rotatable bonds is 3. The van der Waals surface area contributed by atoms with Crippen molar-refractivity contribution in [2.45, 2.75) is 25.7 Å². The zero-order chi connectivity index (χ0) is 16.7. The number of carbonyl (C=O) groups excluding carboxylic acids is 1. The molecule has 1 saturated heterocycles. The molecule has 1 N–H and O–H groups in total. The Morgan fingerprint density at radius 2 is 2.29 bits per heavy atom. The van der Waals surface area contributed by atoms with Crippen LogP contribution >= 0.6 is 27.3 Å². The van der Waals surface area contributed by atoms with Crippen LogP contribution in [0.25, 0.3) is 10.2 Å². The first-order valence-electron chi connectivity index (χ1n) is 8.06. The van der Waals surface area contributed by atoms with E-state index in [1.54, 1.807) is 6.20 Å². The highest BCUT2D eigenvalue weighted by Crippen LogP contribution is 2.38. The number of carbonyl (C=O) groups is 1. The molecule has 0 bridgehead atoms. The molecule has 6 nitrogen and oxygen atoms in total. The van der Waals surface area contributed by atoms with Crippen molar-refractivity contribution < 1.29 is 4.79 Å². The third kappa shape index (κ3) is 2.98. The summed E-state index contributed by atoms with van der Waals surface area (Å²) in [5.41, 5.74) is 0.815. The summed E-state index contributed by atoms with van der Waals surface area (Å²) in [6.45, 7) is 1.62. The number of aromatic nitrogens is 2. The highest BCUT2D eigenvalue weighted by molar-refractivity contribution is 9.10. The molecule has 4 rings (SSSR count). The molecule has 0 aromatic carbocycles. The van der Waals surface area contributed by atoms with Gasteiger partial charge in [0.05, 0.1) is 16.5 Å². The van der Waals surface area contributed by atoms with Gasteiger partial charge in [-0.05, 0) is 41.6 Å². The molecule has 124 valence electrons. The minimum absolute atomic E-state index is 0.0450. The summed E-state index contributed by atoms with van der Waals surface area (Å²) in [6.07, 6.45) is 5.55. The number of hydrogen-bond acceptors (Lipinski definition) is 6. The Morgan fingerprint density at radius 3 is 3.04 bits per heavy atom. The van der Waals surface area contributed by atoms with E-state index in [1.165, 1.54) is 11.3 Å². The van der Waals surface area contributed by atoms with E-state index in [-0.39, 0.29) is 17.7 Å². The predicted octanol–water partition coefficient (Wildman–Crippen LogP) is 3.54. The van der Waals surface area contributed by atoms with Crippen molar-refractivity contribution in [3.63, 3.8) is 0 Å². The fourth-order valence-electron chi connectivity index (χ4n) is 2.92. The summed E-state index contributed by atoms with van der Waals surface area (Å²) in [4.78, 5) is 23.3. The van der Waals surface area contributed by atoms with Gasteiger partial charge in [-0.25, -0.2) is 9.97 Å². The van der Waals surface area contributed by atoms with E-state index < -0.39 is 0 Å². The summed E-state index contributed by atoms with van der Waals surface area (Å²) < 4.78 is 1.70. The van der Waals surface area contributed by atoms with Crippen molar-refractivity contribution in [2.75, 3.05) is 23.3 Å². The summed E-state index contributed by atoms with van der Waals surface area (Å²) in [7, 11) is 0. The van der Waals surface area contributed by atoms with Crippen LogP contribution in [0.5, 0.6) is 0 Å². The first-order valence-corrected chi connectivity index (χ1v) is 9.67. The maximum absolute atomic E-state index is 12.1. The summed E-state index contributed by atoms with van der Waals surface area (Å²) >= 11 is 5.03. The Morgan fingerprint density at radius 1 is 1.46 bits per heavy atom. The highest BCUT2D eigenvalue weighted by atomic mass is 79.9. The maximum Gasteiger partial charge on any atom is 0.228 e. The zero-order valence-electron chi connectivity index (χ0n) is 13.0. The third-order valence-electron chi connectivity index (χ3n) is 4.43. The first-order chi connectivity index (χ1) is 11.7. The Kier molecular flexibility index (Phi) is 4.14. The lowest BCUT2D eigenvalue weighted by Crippen LogP contribution is -2.34. The van der Waals surface area contributed by atoms with Gasteiger partial charge < -0.3 is 10.2 Å². The standard InChI is InChI=1S/C16H16BrN5OS/c17-11-7-19-14(21-15(23)10-3-4-10)13-12(11)20-16(24-13)22-5-1-2-9(6-18)8-22/h7,9-10H,1-5,8H2,(H,19,21,23)/t9-/m1/s1. The van der Waals surface area contributed by atoms with E-state index in [9.17, 15) is 10.1 Å². The van der Waals surface area contributed by atoms with Gasteiger partial charge in [-0.1, -0.05) is 11.3 Å². The van der Waals surface area contributed by atoms with Crippen molar-refractivity contribution in [3.8, 4) is 6.07 Å². The molecule has 1 saturated carbocycles. The van der Waals surface area contributed by atoms with Crippen LogP contribution in [-0.4, -0.2) is 29.0 Å². The molecule has 2 aliphatic rings. The lowest BCUT2D eigenvalue weighted by Gasteiger charge is -2.28. The fraction of sp³-hybridized carbons (Fsp3) is 0.500. The van der Waals surface area contributed by atoms with E-state index in [2.05, 4.69) is 37.2 Å². The summed E-state index contributed by atoms with van der Waals surface area (Å²) in [6, 6.07) is 2.36. The molecule has 2 fully saturated rings. The summed E-state index contributed by atoms with van der Waals surface area (Å²) in [5, 5.41) is 13.0. The van der Waals surface area contributed by atoms with Crippen LogP contribution in [0.3, 0.4) is 0 Å². The Bertz CT molecular complexity index is 841. The lowest BCUT2D eigenvalue weighted by molar-refractivity contribution is -0.117. The molecular formula is C16H16BrN5OS. The third-order valence-corrected chi connectivity index (χ3v) is 6.13. The van der Waals surface area contributed by atoms with Crippen LogP contribution in [-0.2, 0) is 4.79 Å². The van der Waals surface area contributed by atoms with E-state index >= 15 is 0 Å². The van der Waals surface area contributed by atoms with Crippen molar-refractivity contribution in [2.24, 2.45) is 11.8 Å². The molecule has 1 aliphatic carbocycles. The maximum atomic E-state index is 12.1. The van der Waals surface area contributed by atoms with Crippen molar-refractivity contribution in [3.05, 3.63) is 10.7 Å². The van der Waals surface area contributed by atoms with Gasteiger partial charge in [0.2, 0.25) is 5.91 Å². The van der Waals surface area contributed by atoms with Crippen LogP contribution < -0.4 is 10.2 Å². The number of nitrogens with zero attached hydrogens (tertiary/aromatic N) is 4. The Hall–Kier alpha value is -1.72. The van der Waals surface area contributed by atoms with Gasteiger partial charge in [-0.2, -0.15) is 5.26 Å². The lowest BCUT2D eigenvalue weighted by atomic mass is 10.0. The van der Waals surface area contributed by atoms with Crippen LogP contribution in [0, 0.1) is 23.2 Å². The minimum Gasteiger partial charge on any atom is -0.347 e. The molecule has 1 atom stereocenters. The average Bonchev–Trinajstić information content (AvgIpc) is 3.35. The second-order valence-corrected chi connectivity index (χ2v) is 8.14. The number of nitrogens with one attached hydrogen (secondary N) is 1. The largest absolute Gasteiger partial charge is 0.347 e. The monoisotopic (exact) mass is 405 g/mol. The van der Waals surface area contributed by atoms with Gasteiger partial charge in [0.15, 0.2) is 10.9 Å². The number of thiazole rings is 1. The highest BCUT2D eigenvalue weighted by Gasteiger charge is 2.31. The molecule has 2 aromatic rings. The predicted molar refractivity (Wildman–Crippen MR) is 97.0 cm³/mol. The van der Waals surface area contributed by atoms with Crippen LogP contribution in [0.4, 0.5) is 10.9 Å². The number of halogens is 1. The average molecular weight is 406 g/mol. The molecular weight excluding hydrogens is 390 g/mol. The van der Waals surface area contributed by atoms with Crippen LogP contribution in [0.2, 0.25) is 0 Å². The Labute approximate surface area is 152 Å². The van der Waals surface area contributed by atoms with Crippen molar-refractivity contribution in [1.82, 2.24) is 9.97 Å². The minimum atomic E-state index is 0.0450. The number of nitriles is 1. The van der Waals surface area contributed by atoms with Crippen molar-refractivity contribution in [1.29, 1.82) is 5.26 Å². The molecule has 1 amide bonds. The van der Waals surface area contributed by atoms with E-state index in [1.807, 2.05) is 0 Å². The fourth-order valence-corrected chi connectivity index (χ4v) is 4.50. The van der Waals surface area contributed by atoms with Gasteiger partial charge in [-0.3, -0.25) is 4.79 Å². The van der Waals surface area contributed by atoms with Gasteiger partial charge in [-0.15, -0.1) is 0 Å². The number of hydrogen-bond donors (Lipinski definition) is 1. The smallest absolute Gasteiger partial charge is 0.228 e. The summed E-state index contributed by atoms with van der Waals surface area (Å²) in [5.74, 6) is 0.823. The first kappa shape index (κ1) is 15.8. The van der Waals surface area contributed by atoms with Crippen LogP contribution in [0.1, 0.15) is 25.7 Å². The van der Waals surface area contributed by atoms with Gasteiger partial charge in [0.1, 0.15) is 10.2 Å². The molecule has 0 spiro atoms. The van der Waals surface area contributed by atoms with Gasteiger partial charge in [0.25, 0.3) is 0 Å². The zero-order valence-corrected chi connectivity index (χ0v) is 15.4. The molecule has 0 radical (unpaired) electrons. The quantitative estimate of drug-likeness (QED) is 0.843. The normalized spacial score (nSPS) is 20.8. The van der Waals surface area contributed by atoms with E-state index in [4.69, 9.17) is 4.98 Å². The molecule has 24 heavy (non-hydrogen) atoms. The number of piperidine rings is 1. The molecule has 1 aliphatic heterocycles. The van der Waals surface area contributed by atoms with Crippen LogP contribution in [0.15, 0.2) is 10.7 Å². The molecule has 3 heterocycles. The molecule has 0 unspecified atom stereocenters. The van der Waals surface area contributed by atoms with Crippen molar-refractivity contribution >= 4 is 54.3 Å². The molecule has 2 aromatic heterocycles. The second-order valence-electron chi connectivity index (χ2n) is 6.31. The van der Waals surface area contributed by atoms with Gasteiger partial charge in [0, 0.05) is 25.2 Å².